The maximum absolute atomic E-state index is 11.8. The molecule has 0 aromatic carbocycles. The highest BCUT2D eigenvalue weighted by atomic mass is 16.5. The van der Waals surface area contributed by atoms with Gasteiger partial charge in [-0.1, -0.05) is 0 Å². The van der Waals surface area contributed by atoms with Crippen LogP contribution in [0.4, 0.5) is 0 Å². The average molecular weight is 264 g/mol. The van der Waals surface area contributed by atoms with Crippen molar-refractivity contribution in [3.8, 4) is 0 Å². The number of rotatable bonds is 4. The van der Waals surface area contributed by atoms with Crippen LogP contribution >= 0.6 is 0 Å². The van der Waals surface area contributed by atoms with E-state index in [2.05, 4.69) is 34.0 Å². The van der Waals surface area contributed by atoms with Crippen LogP contribution in [0.15, 0.2) is 18.7 Å². The lowest BCUT2D eigenvalue weighted by molar-refractivity contribution is -0.0498. The predicted molar refractivity (Wildman–Crippen MR) is 70.8 cm³/mol. The number of hydrogen-bond donors (Lipinski definition) is 1. The minimum atomic E-state index is -0.133. The summed E-state index contributed by atoms with van der Waals surface area (Å²) in [6.07, 6.45) is 4.44. The second-order valence-corrected chi connectivity index (χ2v) is 5.24. The molecule has 0 spiro atoms. The molecular formula is C13H20N4O2. The van der Waals surface area contributed by atoms with Gasteiger partial charge in [0.15, 0.2) is 0 Å². The molecule has 0 radical (unpaired) electrons. The van der Waals surface area contributed by atoms with Crippen LogP contribution in [-0.4, -0.2) is 59.2 Å². The van der Waals surface area contributed by atoms with Crippen LogP contribution in [-0.2, 0) is 4.74 Å². The summed E-state index contributed by atoms with van der Waals surface area (Å²) < 4.78 is 5.47. The Hall–Kier alpha value is -1.53. The fourth-order valence-electron chi connectivity index (χ4n) is 2.13. The van der Waals surface area contributed by atoms with Crippen molar-refractivity contribution in [3.05, 3.63) is 24.3 Å². The molecule has 1 N–H and O–H groups in total. The van der Waals surface area contributed by atoms with Crippen molar-refractivity contribution < 1.29 is 9.53 Å². The zero-order valence-electron chi connectivity index (χ0n) is 11.4. The molecule has 0 bridgehead atoms. The Labute approximate surface area is 113 Å². The smallest absolute Gasteiger partial charge is 0.254 e. The van der Waals surface area contributed by atoms with Crippen molar-refractivity contribution in [1.29, 1.82) is 0 Å². The predicted octanol–water partition coefficient (Wildman–Crippen LogP) is 0.317. The van der Waals surface area contributed by atoms with Gasteiger partial charge in [0.25, 0.3) is 5.91 Å². The van der Waals surface area contributed by atoms with Crippen LogP contribution in [0, 0.1) is 0 Å². The first-order valence-electron chi connectivity index (χ1n) is 6.45. The van der Waals surface area contributed by atoms with Gasteiger partial charge < -0.3 is 10.1 Å². The van der Waals surface area contributed by atoms with E-state index >= 15 is 0 Å². The maximum Gasteiger partial charge on any atom is 0.254 e. The first-order valence-corrected chi connectivity index (χ1v) is 6.45. The lowest BCUT2D eigenvalue weighted by atomic mass is 10.0. The third-order valence-corrected chi connectivity index (χ3v) is 3.31. The highest BCUT2D eigenvalue weighted by Crippen LogP contribution is 2.17. The number of nitrogens with one attached hydrogen (secondary N) is 1. The molecule has 6 heteroatoms. The molecule has 2 heterocycles. The molecule has 0 unspecified atom stereocenters. The number of hydrogen-bond acceptors (Lipinski definition) is 5. The Balaban J connectivity index is 1.79. The number of aromatic nitrogens is 2. The summed E-state index contributed by atoms with van der Waals surface area (Å²) in [6, 6.07) is 0. The summed E-state index contributed by atoms with van der Waals surface area (Å²) in [5.41, 5.74) is 0.516. The zero-order valence-corrected chi connectivity index (χ0v) is 11.4. The molecule has 1 aliphatic rings. The first-order chi connectivity index (χ1) is 9.09. The summed E-state index contributed by atoms with van der Waals surface area (Å²) >= 11 is 0. The number of carbonyl (C=O) groups is 1. The molecule has 104 valence electrons. The highest BCUT2D eigenvalue weighted by molar-refractivity contribution is 5.93. The van der Waals surface area contributed by atoms with E-state index in [9.17, 15) is 4.79 Å². The van der Waals surface area contributed by atoms with E-state index < -0.39 is 0 Å². The van der Waals surface area contributed by atoms with Gasteiger partial charge >= 0.3 is 0 Å². The van der Waals surface area contributed by atoms with Crippen LogP contribution < -0.4 is 5.32 Å². The van der Waals surface area contributed by atoms with E-state index in [4.69, 9.17) is 4.74 Å². The van der Waals surface area contributed by atoms with Gasteiger partial charge in [0, 0.05) is 37.6 Å². The molecule has 19 heavy (non-hydrogen) atoms. The quantitative estimate of drug-likeness (QED) is 0.848. The molecule has 0 saturated carbocycles. The second kappa shape index (κ2) is 6.08. The van der Waals surface area contributed by atoms with Gasteiger partial charge in [-0.05, 0) is 13.8 Å². The van der Waals surface area contributed by atoms with E-state index in [1.807, 2.05) is 0 Å². The van der Waals surface area contributed by atoms with Crippen LogP contribution in [0.2, 0.25) is 0 Å². The fourth-order valence-corrected chi connectivity index (χ4v) is 2.13. The number of nitrogens with zero attached hydrogens (tertiary/aromatic N) is 3. The largest absolute Gasteiger partial charge is 0.378 e. The number of morpholine rings is 1. The van der Waals surface area contributed by atoms with Gasteiger partial charge in [0.05, 0.1) is 18.8 Å². The fraction of sp³-hybridized carbons (Fsp3) is 0.615. The van der Waals surface area contributed by atoms with Crippen molar-refractivity contribution in [2.75, 3.05) is 32.8 Å². The summed E-state index contributed by atoms with van der Waals surface area (Å²) in [4.78, 5) is 21.8. The van der Waals surface area contributed by atoms with Gasteiger partial charge in [0.2, 0.25) is 0 Å². The SMILES string of the molecule is CC1(C)COCCN1CCNC(=O)c1cncnc1. The van der Waals surface area contributed by atoms with Gasteiger partial charge in [-0.15, -0.1) is 0 Å². The Kier molecular flexibility index (Phi) is 4.44. The standard InChI is InChI=1S/C13H20N4O2/c1-13(2)9-19-6-5-17(13)4-3-16-12(18)11-7-14-10-15-8-11/h7-8,10H,3-6,9H2,1-2H3,(H,16,18). The maximum atomic E-state index is 11.8. The lowest BCUT2D eigenvalue weighted by Crippen LogP contribution is -2.54. The molecular weight excluding hydrogens is 244 g/mol. The minimum Gasteiger partial charge on any atom is -0.378 e. The number of amides is 1. The number of ether oxygens (including phenoxy) is 1. The molecule has 1 saturated heterocycles. The molecule has 2 rings (SSSR count). The summed E-state index contributed by atoms with van der Waals surface area (Å²) in [5, 5.41) is 2.88. The molecule has 0 aliphatic carbocycles. The van der Waals surface area contributed by atoms with Gasteiger partial charge in [-0.25, -0.2) is 9.97 Å². The second-order valence-electron chi connectivity index (χ2n) is 5.24. The molecule has 1 aliphatic heterocycles. The molecule has 0 atom stereocenters. The molecule has 1 amide bonds. The van der Waals surface area contributed by atoms with Crippen molar-refractivity contribution in [3.63, 3.8) is 0 Å². The van der Waals surface area contributed by atoms with E-state index in [1.165, 1.54) is 18.7 Å². The van der Waals surface area contributed by atoms with E-state index in [0.717, 1.165) is 26.3 Å². The van der Waals surface area contributed by atoms with Crippen molar-refractivity contribution >= 4 is 5.91 Å². The minimum absolute atomic E-state index is 0.0266. The number of carbonyl (C=O) groups excluding carboxylic acids is 1. The Morgan fingerprint density at radius 2 is 2.21 bits per heavy atom. The topological polar surface area (TPSA) is 67.3 Å². The third-order valence-electron chi connectivity index (χ3n) is 3.31. The van der Waals surface area contributed by atoms with Crippen LogP contribution in [0.5, 0.6) is 0 Å². The normalized spacial score (nSPS) is 19.1. The summed E-state index contributed by atoms with van der Waals surface area (Å²) in [6.45, 7) is 8.11. The lowest BCUT2D eigenvalue weighted by Gasteiger charge is -2.42. The Morgan fingerprint density at radius 3 is 2.89 bits per heavy atom. The Bertz CT molecular complexity index is 422. The van der Waals surface area contributed by atoms with Gasteiger partial charge in [-0.3, -0.25) is 9.69 Å². The zero-order chi connectivity index (χ0) is 13.7. The van der Waals surface area contributed by atoms with E-state index in [0.29, 0.717) is 12.1 Å². The van der Waals surface area contributed by atoms with Crippen molar-refractivity contribution in [2.45, 2.75) is 19.4 Å². The van der Waals surface area contributed by atoms with Crippen LogP contribution in [0.3, 0.4) is 0 Å². The van der Waals surface area contributed by atoms with Crippen molar-refractivity contribution in [1.82, 2.24) is 20.2 Å². The average Bonchev–Trinajstić information content (AvgIpc) is 2.41. The van der Waals surface area contributed by atoms with Gasteiger partial charge in [-0.2, -0.15) is 0 Å². The van der Waals surface area contributed by atoms with E-state index in [1.54, 1.807) is 0 Å². The Morgan fingerprint density at radius 1 is 1.47 bits per heavy atom. The molecule has 1 aromatic rings. The summed E-state index contributed by atoms with van der Waals surface area (Å²) in [7, 11) is 0. The van der Waals surface area contributed by atoms with E-state index in [-0.39, 0.29) is 11.4 Å². The summed E-state index contributed by atoms with van der Waals surface area (Å²) in [5.74, 6) is -0.133. The first kappa shape index (κ1) is 13.9. The molecule has 1 fully saturated rings. The van der Waals surface area contributed by atoms with Crippen LogP contribution in [0.25, 0.3) is 0 Å². The molecule has 1 aromatic heterocycles. The molecule has 6 nitrogen and oxygen atoms in total. The highest BCUT2D eigenvalue weighted by Gasteiger charge is 2.29. The third kappa shape index (κ3) is 3.71. The van der Waals surface area contributed by atoms with Crippen molar-refractivity contribution in [2.24, 2.45) is 0 Å². The van der Waals surface area contributed by atoms with Crippen LogP contribution in [0.1, 0.15) is 24.2 Å². The monoisotopic (exact) mass is 264 g/mol. The van der Waals surface area contributed by atoms with Gasteiger partial charge in [0.1, 0.15) is 6.33 Å².